The number of hydrogen-bond donors (Lipinski definition) is 2. The number of ether oxygens (including phenoxy) is 1. The van der Waals surface area contributed by atoms with Gasteiger partial charge in [-0.3, -0.25) is 4.79 Å². The second kappa shape index (κ2) is 6.91. The van der Waals surface area contributed by atoms with Crippen molar-refractivity contribution < 1.29 is 13.9 Å². The normalized spacial score (nSPS) is 15.7. The van der Waals surface area contributed by atoms with Crippen LogP contribution in [0.25, 0.3) is 0 Å². The van der Waals surface area contributed by atoms with Gasteiger partial charge in [0.1, 0.15) is 5.82 Å². The molecule has 0 unspecified atom stereocenters. The molecule has 0 aliphatic heterocycles. The zero-order chi connectivity index (χ0) is 13.7. The lowest BCUT2D eigenvalue weighted by molar-refractivity contribution is 0.0581. The first-order valence-electron chi connectivity index (χ1n) is 6.55. The van der Waals surface area contributed by atoms with Crippen LogP contribution in [-0.4, -0.2) is 25.2 Å². The molecule has 3 nitrogen and oxygen atoms in total. The van der Waals surface area contributed by atoms with Crippen LogP contribution in [-0.2, 0) is 4.74 Å². The molecule has 2 rings (SSSR count). The third kappa shape index (κ3) is 4.21. The van der Waals surface area contributed by atoms with Crippen LogP contribution in [0.2, 0.25) is 0 Å². The molecule has 1 aromatic rings. The molecular weight excluding hydrogens is 265 g/mol. The summed E-state index contributed by atoms with van der Waals surface area (Å²) in [6.07, 6.45) is 4.97. The molecule has 1 aromatic carbocycles. The van der Waals surface area contributed by atoms with Crippen molar-refractivity contribution in [1.82, 2.24) is 5.32 Å². The molecule has 0 saturated heterocycles. The number of rotatable bonds is 5. The van der Waals surface area contributed by atoms with Crippen molar-refractivity contribution in [2.75, 3.05) is 13.2 Å². The molecular formula is C14H18FNO2S. The van der Waals surface area contributed by atoms with E-state index < -0.39 is 11.7 Å². The summed E-state index contributed by atoms with van der Waals surface area (Å²) in [6.45, 7) is 0.865. The van der Waals surface area contributed by atoms with Crippen molar-refractivity contribution >= 4 is 18.5 Å². The van der Waals surface area contributed by atoms with Crippen LogP contribution in [0.3, 0.4) is 0 Å². The molecule has 19 heavy (non-hydrogen) atoms. The zero-order valence-electron chi connectivity index (χ0n) is 10.7. The maximum atomic E-state index is 13.4. The van der Waals surface area contributed by atoms with Crippen LogP contribution in [0.15, 0.2) is 23.1 Å². The van der Waals surface area contributed by atoms with E-state index >= 15 is 0 Å². The Morgan fingerprint density at radius 2 is 2.16 bits per heavy atom. The highest BCUT2D eigenvalue weighted by molar-refractivity contribution is 7.80. The molecule has 0 heterocycles. The predicted octanol–water partition coefficient (Wildman–Crippen LogP) is 2.80. The van der Waals surface area contributed by atoms with Gasteiger partial charge in [0, 0.05) is 11.4 Å². The second-order valence-electron chi connectivity index (χ2n) is 4.70. The quantitative estimate of drug-likeness (QED) is 0.644. The Hall–Kier alpha value is -1.07. The molecule has 0 bridgehead atoms. The zero-order valence-corrected chi connectivity index (χ0v) is 11.6. The van der Waals surface area contributed by atoms with Crippen LogP contribution in [0, 0.1) is 5.82 Å². The van der Waals surface area contributed by atoms with Gasteiger partial charge in [-0.2, -0.15) is 0 Å². The summed E-state index contributed by atoms with van der Waals surface area (Å²) < 4.78 is 19.1. The monoisotopic (exact) mass is 283 g/mol. The van der Waals surface area contributed by atoms with Crippen molar-refractivity contribution in [3.05, 3.63) is 29.6 Å². The van der Waals surface area contributed by atoms with Crippen molar-refractivity contribution in [3.8, 4) is 0 Å². The molecule has 1 fully saturated rings. The second-order valence-corrected chi connectivity index (χ2v) is 5.21. The Bertz CT molecular complexity index is 447. The van der Waals surface area contributed by atoms with E-state index in [0.29, 0.717) is 24.2 Å². The topological polar surface area (TPSA) is 38.3 Å². The Morgan fingerprint density at radius 3 is 2.89 bits per heavy atom. The van der Waals surface area contributed by atoms with Gasteiger partial charge in [0.2, 0.25) is 0 Å². The first-order chi connectivity index (χ1) is 9.16. The van der Waals surface area contributed by atoms with E-state index in [1.807, 2.05) is 0 Å². The summed E-state index contributed by atoms with van der Waals surface area (Å²) in [5.41, 5.74) is 0.0216. The van der Waals surface area contributed by atoms with Gasteiger partial charge in [0.15, 0.2) is 0 Å². The molecule has 0 aromatic heterocycles. The summed E-state index contributed by atoms with van der Waals surface area (Å²) in [5, 5.41) is 2.65. The van der Waals surface area contributed by atoms with Crippen molar-refractivity contribution in [2.24, 2.45) is 0 Å². The SMILES string of the molecule is O=C(NCCOC1CCCC1)c1cc(S)ccc1F. The predicted molar refractivity (Wildman–Crippen MR) is 74.2 cm³/mol. The van der Waals surface area contributed by atoms with Gasteiger partial charge in [0.05, 0.1) is 18.3 Å². The number of benzene rings is 1. The Balaban J connectivity index is 1.75. The van der Waals surface area contributed by atoms with Gasteiger partial charge in [0.25, 0.3) is 5.91 Å². The highest BCUT2D eigenvalue weighted by Gasteiger charge is 2.15. The standard InChI is InChI=1S/C14H18FNO2S/c15-13-6-5-11(19)9-12(13)14(17)16-7-8-18-10-3-1-2-4-10/h5-6,9-10,19H,1-4,7-8H2,(H,16,17). The highest BCUT2D eigenvalue weighted by atomic mass is 32.1. The fourth-order valence-corrected chi connectivity index (χ4v) is 2.43. The maximum Gasteiger partial charge on any atom is 0.254 e. The summed E-state index contributed by atoms with van der Waals surface area (Å²) in [7, 11) is 0. The first kappa shape index (κ1) is 14.3. The van der Waals surface area contributed by atoms with E-state index in [1.54, 1.807) is 0 Å². The van der Waals surface area contributed by atoms with Crippen LogP contribution in [0.4, 0.5) is 4.39 Å². The van der Waals surface area contributed by atoms with Crippen LogP contribution in [0.1, 0.15) is 36.0 Å². The molecule has 1 aliphatic carbocycles. The van der Waals surface area contributed by atoms with Gasteiger partial charge < -0.3 is 10.1 Å². The molecule has 0 atom stereocenters. The van der Waals surface area contributed by atoms with Crippen molar-refractivity contribution in [2.45, 2.75) is 36.7 Å². The van der Waals surface area contributed by atoms with Gasteiger partial charge >= 0.3 is 0 Å². The molecule has 1 aliphatic rings. The number of amides is 1. The number of nitrogens with one attached hydrogen (secondary N) is 1. The minimum Gasteiger partial charge on any atom is -0.376 e. The van der Waals surface area contributed by atoms with Crippen molar-refractivity contribution in [3.63, 3.8) is 0 Å². The molecule has 1 amide bonds. The molecule has 5 heteroatoms. The van der Waals surface area contributed by atoms with Crippen LogP contribution in [0.5, 0.6) is 0 Å². The fraction of sp³-hybridized carbons (Fsp3) is 0.500. The Morgan fingerprint density at radius 1 is 1.42 bits per heavy atom. The number of hydrogen-bond acceptors (Lipinski definition) is 3. The summed E-state index contributed by atoms with van der Waals surface area (Å²) in [6, 6.07) is 4.18. The summed E-state index contributed by atoms with van der Waals surface area (Å²) in [5.74, 6) is -0.963. The van der Waals surface area contributed by atoms with Gasteiger partial charge in [-0.1, -0.05) is 12.8 Å². The fourth-order valence-electron chi connectivity index (χ4n) is 2.23. The van der Waals surface area contributed by atoms with E-state index in [4.69, 9.17) is 4.74 Å². The summed E-state index contributed by atoms with van der Waals surface area (Å²) >= 11 is 4.09. The molecule has 104 valence electrons. The van der Waals surface area contributed by atoms with Gasteiger partial charge in [-0.05, 0) is 31.0 Å². The molecule has 1 N–H and O–H groups in total. The summed E-state index contributed by atoms with van der Waals surface area (Å²) in [4.78, 5) is 12.3. The third-order valence-electron chi connectivity index (χ3n) is 3.24. The van der Waals surface area contributed by atoms with E-state index in [2.05, 4.69) is 17.9 Å². The lowest BCUT2D eigenvalue weighted by Crippen LogP contribution is -2.29. The lowest BCUT2D eigenvalue weighted by atomic mass is 10.2. The maximum absolute atomic E-state index is 13.4. The number of halogens is 1. The number of carbonyl (C=O) groups is 1. The lowest BCUT2D eigenvalue weighted by Gasteiger charge is -2.11. The Labute approximate surface area is 117 Å². The molecule has 0 spiro atoms. The van der Waals surface area contributed by atoms with Gasteiger partial charge in [-0.25, -0.2) is 4.39 Å². The minimum absolute atomic E-state index is 0.0216. The third-order valence-corrected chi connectivity index (χ3v) is 3.52. The number of carbonyl (C=O) groups excluding carboxylic acids is 1. The van der Waals surface area contributed by atoms with Crippen LogP contribution >= 0.6 is 12.6 Å². The molecule has 1 saturated carbocycles. The Kier molecular flexibility index (Phi) is 5.22. The minimum atomic E-state index is -0.535. The largest absolute Gasteiger partial charge is 0.376 e. The number of thiol groups is 1. The average molecular weight is 283 g/mol. The highest BCUT2D eigenvalue weighted by Crippen LogP contribution is 2.20. The van der Waals surface area contributed by atoms with Gasteiger partial charge in [-0.15, -0.1) is 12.6 Å². The van der Waals surface area contributed by atoms with Crippen LogP contribution < -0.4 is 5.32 Å². The first-order valence-corrected chi connectivity index (χ1v) is 7.00. The van der Waals surface area contributed by atoms with E-state index in [1.165, 1.54) is 31.0 Å². The van der Waals surface area contributed by atoms with Crippen molar-refractivity contribution in [1.29, 1.82) is 0 Å². The smallest absolute Gasteiger partial charge is 0.254 e. The average Bonchev–Trinajstić information content (AvgIpc) is 2.90. The van der Waals surface area contributed by atoms with E-state index in [0.717, 1.165) is 12.8 Å². The van der Waals surface area contributed by atoms with E-state index in [9.17, 15) is 9.18 Å². The van der Waals surface area contributed by atoms with E-state index in [-0.39, 0.29) is 5.56 Å². The molecule has 0 radical (unpaired) electrons.